The van der Waals surface area contributed by atoms with Crippen LogP contribution in [-0.4, -0.2) is 15.9 Å². The van der Waals surface area contributed by atoms with Gasteiger partial charge < -0.3 is 0 Å². The van der Waals surface area contributed by atoms with Crippen LogP contribution in [0.1, 0.15) is 23.1 Å². The highest BCUT2D eigenvalue weighted by Crippen LogP contribution is 1.95. The molecule has 0 unspecified atom stereocenters. The molecule has 0 aromatic carbocycles. The van der Waals surface area contributed by atoms with E-state index in [0.717, 1.165) is 12.1 Å². The van der Waals surface area contributed by atoms with Crippen molar-refractivity contribution in [3.63, 3.8) is 0 Å². The Kier molecular flexibility index (Phi) is 2.71. The van der Waals surface area contributed by atoms with Crippen molar-refractivity contribution in [1.29, 1.82) is 0 Å². The van der Waals surface area contributed by atoms with Crippen molar-refractivity contribution in [2.45, 2.75) is 13.3 Å². The van der Waals surface area contributed by atoms with Gasteiger partial charge in [-0.25, -0.2) is 10.8 Å². The van der Waals surface area contributed by atoms with Gasteiger partial charge in [-0.3, -0.25) is 15.2 Å². The number of hydrazine groups is 1. The maximum absolute atomic E-state index is 10.9. The summed E-state index contributed by atoms with van der Waals surface area (Å²) in [6, 6.07) is 0. The van der Waals surface area contributed by atoms with Gasteiger partial charge in [0.25, 0.3) is 5.91 Å². The molecular weight excluding hydrogens is 156 g/mol. The number of nitrogens with zero attached hydrogens (tertiary/aromatic N) is 2. The van der Waals surface area contributed by atoms with Gasteiger partial charge in [0.15, 0.2) is 0 Å². The normalized spacial score (nSPS) is 9.50. The van der Waals surface area contributed by atoms with Gasteiger partial charge in [0, 0.05) is 6.20 Å². The van der Waals surface area contributed by atoms with Crippen LogP contribution in [0.25, 0.3) is 0 Å². The first-order chi connectivity index (χ1) is 5.77. The number of amides is 1. The average Bonchev–Trinajstić information content (AvgIpc) is 2.17. The minimum atomic E-state index is -0.426. The molecule has 1 rings (SSSR count). The lowest BCUT2D eigenvalue weighted by Crippen LogP contribution is -2.30. The van der Waals surface area contributed by atoms with E-state index in [1.165, 1.54) is 6.20 Å². The van der Waals surface area contributed by atoms with Crippen LogP contribution in [0, 0.1) is 0 Å². The second-order valence-corrected chi connectivity index (χ2v) is 2.22. The summed E-state index contributed by atoms with van der Waals surface area (Å²) in [4.78, 5) is 18.7. The molecular formula is C7H10N4O. The summed E-state index contributed by atoms with van der Waals surface area (Å²) in [5.74, 6) is 4.48. The summed E-state index contributed by atoms with van der Waals surface area (Å²) < 4.78 is 0. The van der Waals surface area contributed by atoms with Crippen molar-refractivity contribution in [3.05, 3.63) is 23.8 Å². The smallest absolute Gasteiger partial charge is 0.285 e. The van der Waals surface area contributed by atoms with Crippen LogP contribution in [-0.2, 0) is 6.42 Å². The number of nitrogen functional groups attached to an aromatic ring is 1. The van der Waals surface area contributed by atoms with Crippen molar-refractivity contribution in [3.8, 4) is 0 Å². The number of hydrogen-bond donors (Lipinski definition) is 2. The van der Waals surface area contributed by atoms with Crippen LogP contribution >= 0.6 is 0 Å². The van der Waals surface area contributed by atoms with Crippen LogP contribution in [0.15, 0.2) is 12.4 Å². The molecule has 64 valence electrons. The predicted octanol–water partition coefficient (Wildman–Crippen LogP) is -0.358. The fourth-order valence-corrected chi connectivity index (χ4v) is 0.729. The number of carbonyl (C=O) groups excluding carboxylic acids is 1. The molecule has 1 amide bonds. The number of carbonyl (C=O) groups is 1. The molecule has 5 heteroatoms. The van der Waals surface area contributed by atoms with Crippen molar-refractivity contribution in [1.82, 2.24) is 15.4 Å². The Morgan fingerprint density at radius 3 is 2.75 bits per heavy atom. The van der Waals surface area contributed by atoms with Crippen LogP contribution < -0.4 is 11.3 Å². The zero-order chi connectivity index (χ0) is 8.97. The number of hydrogen-bond acceptors (Lipinski definition) is 4. The molecule has 0 saturated heterocycles. The SMILES string of the molecule is CCc1cnc(C(=O)NN)cn1. The fourth-order valence-electron chi connectivity index (χ4n) is 0.729. The van der Waals surface area contributed by atoms with E-state index in [4.69, 9.17) is 5.84 Å². The summed E-state index contributed by atoms with van der Waals surface area (Å²) in [6.45, 7) is 1.96. The number of aryl methyl sites for hydroxylation is 1. The van der Waals surface area contributed by atoms with Gasteiger partial charge in [-0.15, -0.1) is 0 Å². The summed E-state index contributed by atoms with van der Waals surface area (Å²) in [5, 5.41) is 0. The molecule has 1 aromatic rings. The molecule has 0 fully saturated rings. The summed E-state index contributed by atoms with van der Waals surface area (Å²) >= 11 is 0. The Labute approximate surface area is 70.0 Å². The molecule has 0 aliphatic heterocycles. The molecule has 0 bridgehead atoms. The van der Waals surface area contributed by atoms with E-state index in [1.807, 2.05) is 12.3 Å². The van der Waals surface area contributed by atoms with Gasteiger partial charge in [-0.05, 0) is 6.42 Å². The molecule has 0 aliphatic rings. The lowest BCUT2D eigenvalue weighted by Gasteiger charge is -1.98. The minimum Gasteiger partial charge on any atom is -0.289 e. The second kappa shape index (κ2) is 3.77. The largest absolute Gasteiger partial charge is 0.289 e. The third kappa shape index (κ3) is 1.76. The molecule has 0 spiro atoms. The first-order valence-electron chi connectivity index (χ1n) is 3.59. The zero-order valence-electron chi connectivity index (χ0n) is 6.74. The summed E-state index contributed by atoms with van der Waals surface area (Å²) in [6.07, 6.45) is 3.77. The number of rotatable bonds is 2. The highest BCUT2D eigenvalue weighted by Gasteiger charge is 2.04. The first-order valence-corrected chi connectivity index (χ1v) is 3.59. The van der Waals surface area contributed by atoms with E-state index in [2.05, 4.69) is 9.97 Å². The maximum atomic E-state index is 10.9. The summed E-state index contributed by atoms with van der Waals surface area (Å²) in [5.41, 5.74) is 3.06. The zero-order valence-corrected chi connectivity index (χ0v) is 6.74. The van der Waals surface area contributed by atoms with Gasteiger partial charge in [0.2, 0.25) is 0 Å². The number of nitrogens with two attached hydrogens (primary N) is 1. The molecule has 0 radical (unpaired) electrons. The van der Waals surface area contributed by atoms with E-state index in [-0.39, 0.29) is 5.69 Å². The highest BCUT2D eigenvalue weighted by molar-refractivity contribution is 5.91. The molecule has 0 saturated carbocycles. The van der Waals surface area contributed by atoms with Gasteiger partial charge in [-0.1, -0.05) is 6.92 Å². The van der Waals surface area contributed by atoms with Gasteiger partial charge in [0.1, 0.15) is 5.69 Å². The molecule has 0 aliphatic carbocycles. The van der Waals surface area contributed by atoms with Crippen molar-refractivity contribution >= 4 is 5.91 Å². The number of nitrogens with one attached hydrogen (secondary N) is 1. The van der Waals surface area contributed by atoms with Crippen LogP contribution in [0.5, 0.6) is 0 Å². The van der Waals surface area contributed by atoms with Crippen molar-refractivity contribution < 1.29 is 4.79 Å². The van der Waals surface area contributed by atoms with Gasteiger partial charge >= 0.3 is 0 Å². The lowest BCUT2D eigenvalue weighted by molar-refractivity contribution is 0.0948. The molecule has 0 atom stereocenters. The Morgan fingerprint density at radius 2 is 2.33 bits per heavy atom. The average molecular weight is 166 g/mol. The van der Waals surface area contributed by atoms with Crippen molar-refractivity contribution in [2.24, 2.45) is 5.84 Å². The molecule has 5 nitrogen and oxygen atoms in total. The predicted molar refractivity (Wildman–Crippen MR) is 43.1 cm³/mol. The Morgan fingerprint density at radius 1 is 1.58 bits per heavy atom. The van der Waals surface area contributed by atoms with Crippen LogP contribution in [0.2, 0.25) is 0 Å². The molecule has 12 heavy (non-hydrogen) atoms. The molecule has 1 heterocycles. The third-order valence-corrected chi connectivity index (χ3v) is 1.43. The highest BCUT2D eigenvalue weighted by atomic mass is 16.2. The Balaban J connectivity index is 2.84. The van der Waals surface area contributed by atoms with E-state index >= 15 is 0 Å². The lowest BCUT2D eigenvalue weighted by atomic mass is 10.3. The monoisotopic (exact) mass is 166 g/mol. The van der Waals surface area contributed by atoms with E-state index in [9.17, 15) is 4.79 Å². The first kappa shape index (κ1) is 8.61. The Hall–Kier alpha value is -1.49. The van der Waals surface area contributed by atoms with E-state index in [0.29, 0.717) is 0 Å². The van der Waals surface area contributed by atoms with Crippen LogP contribution in [0.4, 0.5) is 0 Å². The van der Waals surface area contributed by atoms with Crippen LogP contribution in [0.3, 0.4) is 0 Å². The molecule has 3 N–H and O–H groups in total. The second-order valence-electron chi connectivity index (χ2n) is 2.22. The quantitative estimate of drug-likeness (QED) is 0.357. The van der Waals surface area contributed by atoms with Gasteiger partial charge in [0.05, 0.1) is 11.9 Å². The maximum Gasteiger partial charge on any atom is 0.285 e. The van der Waals surface area contributed by atoms with Gasteiger partial charge in [-0.2, -0.15) is 0 Å². The summed E-state index contributed by atoms with van der Waals surface area (Å²) in [7, 11) is 0. The molecule has 1 aromatic heterocycles. The standard InChI is InChI=1S/C7H10N4O/c1-2-5-3-10-6(4-9-5)7(12)11-8/h3-4H,2,8H2,1H3,(H,11,12). The Bertz CT molecular complexity index is 269. The minimum absolute atomic E-state index is 0.231. The van der Waals surface area contributed by atoms with E-state index in [1.54, 1.807) is 6.20 Å². The van der Waals surface area contributed by atoms with Crippen molar-refractivity contribution in [2.75, 3.05) is 0 Å². The topological polar surface area (TPSA) is 80.9 Å². The number of aromatic nitrogens is 2. The fraction of sp³-hybridized carbons (Fsp3) is 0.286. The third-order valence-electron chi connectivity index (χ3n) is 1.43. The van der Waals surface area contributed by atoms with E-state index < -0.39 is 5.91 Å².